The number of carbonyl (C=O) groups excluding carboxylic acids is 1. The van der Waals surface area contributed by atoms with Crippen LogP contribution in [0, 0.1) is 0 Å². The van der Waals surface area contributed by atoms with Crippen LogP contribution in [0.4, 0.5) is 5.82 Å². The number of thioether (sulfide) groups is 1. The molecule has 33 heavy (non-hydrogen) atoms. The lowest BCUT2D eigenvalue weighted by Gasteiger charge is -2.16. The van der Waals surface area contributed by atoms with Crippen LogP contribution >= 0.6 is 23.4 Å². The number of carbonyl (C=O) groups is 1. The second kappa shape index (κ2) is 9.68. The fourth-order valence-corrected chi connectivity index (χ4v) is 4.37. The molecule has 2 aromatic heterocycles. The molecule has 0 spiro atoms. The molecular formula is C23H22ClN5O3S. The average Bonchev–Trinajstić information content (AvgIpc) is 3.26. The number of halogens is 1. The number of fused-ring (bicyclic) bond motifs is 1. The normalized spacial score (nSPS) is 11.2. The molecule has 0 saturated carbocycles. The Morgan fingerprint density at radius 3 is 2.76 bits per heavy atom. The second-order valence-electron chi connectivity index (χ2n) is 7.46. The van der Waals surface area contributed by atoms with Gasteiger partial charge in [0.1, 0.15) is 11.6 Å². The highest BCUT2D eigenvalue weighted by atomic mass is 35.5. The van der Waals surface area contributed by atoms with Crippen molar-refractivity contribution in [1.82, 2.24) is 19.3 Å². The summed E-state index contributed by atoms with van der Waals surface area (Å²) in [4.78, 5) is 30.8. The van der Waals surface area contributed by atoms with Crippen LogP contribution in [-0.2, 0) is 4.79 Å². The molecular weight excluding hydrogens is 462 g/mol. The number of anilines is 1. The van der Waals surface area contributed by atoms with E-state index >= 15 is 0 Å². The number of hydrogen-bond acceptors (Lipinski definition) is 6. The van der Waals surface area contributed by atoms with Gasteiger partial charge >= 0.3 is 0 Å². The third kappa shape index (κ3) is 4.74. The highest BCUT2D eigenvalue weighted by Crippen LogP contribution is 2.28. The number of benzene rings is 2. The van der Waals surface area contributed by atoms with Crippen LogP contribution in [0.1, 0.15) is 19.9 Å². The van der Waals surface area contributed by atoms with Gasteiger partial charge in [-0.25, -0.2) is 9.67 Å². The lowest BCUT2D eigenvalue weighted by Crippen LogP contribution is -2.23. The maximum atomic E-state index is 13.4. The van der Waals surface area contributed by atoms with E-state index in [0.717, 1.165) is 11.8 Å². The Bertz CT molecular complexity index is 1380. The number of amides is 1. The summed E-state index contributed by atoms with van der Waals surface area (Å²) in [5.74, 6) is 0.920. The van der Waals surface area contributed by atoms with Crippen LogP contribution in [0.5, 0.6) is 5.75 Å². The summed E-state index contributed by atoms with van der Waals surface area (Å²) in [5.41, 5.74) is 0.719. The maximum Gasteiger partial charge on any atom is 0.266 e. The zero-order valence-electron chi connectivity index (χ0n) is 18.3. The molecule has 0 bridgehead atoms. The van der Waals surface area contributed by atoms with Crippen molar-refractivity contribution in [3.8, 4) is 11.4 Å². The molecule has 4 aromatic rings. The summed E-state index contributed by atoms with van der Waals surface area (Å²) >= 11 is 7.28. The first-order valence-electron chi connectivity index (χ1n) is 10.2. The smallest absolute Gasteiger partial charge is 0.266 e. The van der Waals surface area contributed by atoms with E-state index in [9.17, 15) is 9.59 Å². The minimum absolute atomic E-state index is 0.0386. The molecule has 0 aliphatic heterocycles. The largest absolute Gasteiger partial charge is 0.495 e. The molecule has 4 rings (SSSR count). The van der Waals surface area contributed by atoms with E-state index in [0.29, 0.717) is 38.3 Å². The molecule has 0 atom stereocenters. The van der Waals surface area contributed by atoms with Crippen LogP contribution in [0.3, 0.4) is 0 Å². The Hall–Kier alpha value is -3.30. The molecule has 170 valence electrons. The third-order valence-corrected chi connectivity index (χ3v) is 6.06. The number of para-hydroxylation sites is 2. The van der Waals surface area contributed by atoms with Gasteiger partial charge in [0.2, 0.25) is 5.91 Å². The molecule has 0 aliphatic carbocycles. The van der Waals surface area contributed by atoms with Crippen LogP contribution in [0.25, 0.3) is 16.6 Å². The lowest BCUT2D eigenvalue weighted by atomic mass is 10.2. The predicted molar refractivity (Wildman–Crippen MR) is 131 cm³/mol. The number of nitrogens with zero attached hydrogens (tertiary/aromatic N) is 4. The van der Waals surface area contributed by atoms with E-state index in [-0.39, 0.29) is 23.3 Å². The lowest BCUT2D eigenvalue weighted by molar-refractivity contribution is -0.113. The van der Waals surface area contributed by atoms with Crippen molar-refractivity contribution >= 4 is 46.0 Å². The topological polar surface area (TPSA) is 91.0 Å². The van der Waals surface area contributed by atoms with Crippen molar-refractivity contribution in [2.75, 3.05) is 18.2 Å². The van der Waals surface area contributed by atoms with E-state index in [4.69, 9.17) is 16.3 Å². The van der Waals surface area contributed by atoms with Gasteiger partial charge in [-0.2, -0.15) is 5.10 Å². The van der Waals surface area contributed by atoms with Crippen LogP contribution in [-0.4, -0.2) is 38.1 Å². The second-order valence-corrected chi connectivity index (χ2v) is 8.84. The third-order valence-electron chi connectivity index (χ3n) is 4.89. The molecule has 0 unspecified atom stereocenters. The van der Waals surface area contributed by atoms with Gasteiger partial charge in [0, 0.05) is 17.1 Å². The van der Waals surface area contributed by atoms with Crippen molar-refractivity contribution < 1.29 is 9.53 Å². The van der Waals surface area contributed by atoms with Crippen LogP contribution < -0.4 is 15.6 Å². The zero-order valence-corrected chi connectivity index (χ0v) is 19.9. The van der Waals surface area contributed by atoms with Gasteiger partial charge in [-0.1, -0.05) is 35.5 Å². The number of hydrogen-bond donors (Lipinski definition) is 1. The van der Waals surface area contributed by atoms with Crippen molar-refractivity contribution in [1.29, 1.82) is 0 Å². The first-order valence-corrected chi connectivity index (χ1v) is 11.6. The number of methoxy groups -OCH3 is 1. The molecule has 0 fully saturated rings. The number of ether oxygens (including phenoxy) is 1. The van der Waals surface area contributed by atoms with E-state index in [1.807, 2.05) is 26.0 Å². The summed E-state index contributed by atoms with van der Waals surface area (Å²) in [5, 5.41) is 8.33. The summed E-state index contributed by atoms with van der Waals surface area (Å²) in [7, 11) is 1.54. The molecule has 1 amide bonds. The van der Waals surface area contributed by atoms with Gasteiger partial charge < -0.3 is 10.1 Å². The molecule has 2 heterocycles. The standard InChI is InChI=1S/C23H22ClN5O3S/c1-14(2)29-20(10-11-25-29)27-21(30)13-33-23-26-17-12-15(24)8-9-16(17)22(31)28(23)18-6-4-5-7-19(18)32-3/h4-12,14H,13H2,1-3H3,(H,27,30). The monoisotopic (exact) mass is 483 g/mol. The van der Waals surface area contributed by atoms with E-state index in [1.54, 1.807) is 47.3 Å². The predicted octanol–water partition coefficient (Wildman–Crippen LogP) is 4.56. The van der Waals surface area contributed by atoms with Gasteiger partial charge in [-0.3, -0.25) is 14.2 Å². The summed E-state index contributed by atoms with van der Waals surface area (Å²) < 4.78 is 8.65. The molecule has 1 N–H and O–H groups in total. The van der Waals surface area contributed by atoms with Crippen LogP contribution in [0.2, 0.25) is 5.02 Å². The molecule has 8 nitrogen and oxygen atoms in total. The summed E-state index contributed by atoms with van der Waals surface area (Å²) in [6.07, 6.45) is 1.64. The van der Waals surface area contributed by atoms with Gasteiger partial charge in [0.15, 0.2) is 5.16 Å². The van der Waals surface area contributed by atoms with Gasteiger partial charge in [-0.15, -0.1) is 0 Å². The van der Waals surface area contributed by atoms with E-state index < -0.39 is 0 Å². The summed E-state index contributed by atoms with van der Waals surface area (Å²) in [6.45, 7) is 3.96. The average molecular weight is 484 g/mol. The van der Waals surface area contributed by atoms with Crippen LogP contribution in [0.15, 0.2) is 64.7 Å². The Balaban J connectivity index is 1.72. The number of aromatic nitrogens is 4. The Morgan fingerprint density at radius 1 is 1.21 bits per heavy atom. The maximum absolute atomic E-state index is 13.4. The van der Waals surface area contributed by atoms with Crippen molar-refractivity contribution in [3.05, 3.63) is 70.1 Å². The fraction of sp³-hybridized carbons (Fsp3) is 0.217. The fourth-order valence-electron chi connectivity index (χ4n) is 3.40. The highest BCUT2D eigenvalue weighted by Gasteiger charge is 2.18. The van der Waals surface area contributed by atoms with Crippen molar-refractivity contribution in [2.24, 2.45) is 0 Å². The Labute approximate surface area is 199 Å². The van der Waals surface area contributed by atoms with E-state index in [1.165, 1.54) is 11.7 Å². The molecule has 2 aromatic carbocycles. The van der Waals surface area contributed by atoms with Crippen molar-refractivity contribution in [3.63, 3.8) is 0 Å². The first kappa shape index (κ1) is 22.9. The van der Waals surface area contributed by atoms with Gasteiger partial charge in [0.05, 0.1) is 35.6 Å². The van der Waals surface area contributed by atoms with Gasteiger partial charge in [-0.05, 0) is 44.2 Å². The highest BCUT2D eigenvalue weighted by molar-refractivity contribution is 7.99. The SMILES string of the molecule is COc1ccccc1-n1c(SCC(=O)Nc2ccnn2C(C)C)nc2cc(Cl)ccc2c1=O. The van der Waals surface area contributed by atoms with Gasteiger partial charge in [0.25, 0.3) is 5.56 Å². The molecule has 0 radical (unpaired) electrons. The molecule has 0 aliphatic rings. The quantitative estimate of drug-likeness (QED) is 0.306. The number of rotatable bonds is 7. The molecule has 0 saturated heterocycles. The van der Waals surface area contributed by atoms with Crippen molar-refractivity contribution in [2.45, 2.75) is 25.0 Å². The van der Waals surface area contributed by atoms with E-state index in [2.05, 4.69) is 15.4 Å². The Kier molecular flexibility index (Phi) is 6.71. The summed E-state index contributed by atoms with van der Waals surface area (Å²) in [6, 6.07) is 13.9. The molecule has 10 heteroatoms. The zero-order chi connectivity index (χ0) is 23.5. The Morgan fingerprint density at radius 2 is 2.00 bits per heavy atom. The minimum atomic E-state index is -0.276. The minimum Gasteiger partial charge on any atom is -0.495 e. The first-order chi connectivity index (χ1) is 15.9. The number of nitrogens with one attached hydrogen (secondary N) is 1.